The van der Waals surface area contributed by atoms with Crippen molar-refractivity contribution in [2.75, 3.05) is 26.9 Å². The highest BCUT2D eigenvalue weighted by atomic mass is 16.5. The van der Waals surface area contributed by atoms with Gasteiger partial charge < -0.3 is 19.4 Å². The molecular weight excluding hydrogens is 354 g/mol. The summed E-state index contributed by atoms with van der Waals surface area (Å²) in [5, 5.41) is 2.85. The number of aromatic nitrogens is 2. The lowest BCUT2D eigenvalue weighted by Gasteiger charge is -2.13. The van der Waals surface area contributed by atoms with Crippen molar-refractivity contribution >= 4 is 16.9 Å². The van der Waals surface area contributed by atoms with Crippen molar-refractivity contribution in [3.8, 4) is 5.75 Å². The highest BCUT2D eigenvalue weighted by molar-refractivity contribution is 5.77. The second-order valence-electron chi connectivity index (χ2n) is 6.75. The first kappa shape index (κ1) is 19.9. The molecule has 0 aliphatic heterocycles. The van der Waals surface area contributed by atoms with Crippen molar-refractivity contribution < 1.29 is 14.3 Å². The van der Waals surface area contributed by atoms with Crippen LogP contribution in [0.2, 0.25) is 0 Å². The summed E-state index contributed by atoms with van der Waals surface area (Å²) in [4.78, 5) is 16.3. The van der Waals surface area contributed by atoms with Crippen molar-refractivity contribution in [3.63, 3.8) is 0 Å². The summed E-state index contributed by atoms with van der Waals surface area (Å²) in [5.41, 5.74) is 4.41. The van der Waals surface area contributed by atoms with Crippen LogP contribution in [0, 0.1) is 13.8 Å². The number of amides is 1. The van der Waals surface area contributed by atoms with E-state index in [-0.39, 0.29) is 12.5 Å². The minimum atomic E-state index is -0.122. The average Bonchev–Trinajstić information content (AvgIpc) is 3.03. The first-order valence-corrected chi connectivity index (χ1v) is 9.49. The molecule has 1 aromatic heterocycles. The topological polar surface area (TPSA) is 65.4 Å². The number of methoxy groups -OCH3 is 1. The van der Waals surface area contributed by atoms with E-state index in [9.17, 15) is 4.79 Å². The van der Waals surface area contributed by atoms with E-state index >= 15 is 0 Å². The van der Waals surface area contributed by atoms with Gasteiger partial charge in [-0.25, -0.2) is 4.98 Å². The Balaban J connectivity index is 1.70. The number of nitrogens with one attached hydrogen (secondary N) is 1. The third-order valence-electron chi connectivity index (χ3n) is 4.81. The van der Waals surface area contributed by atoms with Gasteiger partial charge in [0.05, 0.1) is 17.6 Å². The van der Waals surface area contributed by atoms with Gasteiger partial charge in [-0.05, 0) is 43.2 Å². The number of aryl methyl sites for hydroxylation is 1. The molecule has 0 bridgehead atoms. The highest BCUT2D eigenvalue weighted by Gasteiger charge is 2.11. The molecule has 0 radical (unpaired) electrons. The number of benzene rings is 2. The van der Waals surface area contributed by atoms with Gasteiger partial charge in [-0.15, -0.1) is 0 Å². The van der Waals surface area contributed by atoms with E-state index in [1.807, 2.05) is 30.3 Å². The summed E-state index contributed by atoms with van der Waals surface area (Å²) < 4.78 is 13.0. The second-order valence-corrected chi connectivity index (χ2v) is 6.75. The smallest absolute Gasteiger partial charge is 0.245 e. The molecule has 6 heteroatoms. The molecule has 0 aliphatic rings. The quantitative estimate of drug-likeness (QED) is 0.619. The molecule has 0 saturated heterocycles. The number of rotatable bonds is 9. The monoisotopic (exact) mass is 381 g/mol. The van der Waals surface area contributed by atoms with E-state index in [4.69, 9.17) is 14.5 Å². The van der Waals surface area contributed by atoms with Gasteiger partial charge in [0, 0.05) is 20.1 Å². The van der Waals surface area contributed by atoms with Gasteiger partial charge in [-0.2, -0.15) is 0 Å². The summed E-state index contributed by atoms with van der Waals surface area (Å²) >= 11 is 0. The normalized spacial score (nSPS) is 11.0. The van der Waals surface area contributed by atoms with E-state index in [1.165, 1.54) is 18.2 Å². The second kappa shape index (κ2) is 9.37. The minimum absolute atomic E-state index is 0.0695. The number of hydrogen-bond donors (Lipinski definition) is 1. The molecule has 3 rings (SSSR count). The Bertz CT molecular complexity index is 949. The lowest BCUT2D eigenvalue weighted by molar-refractivity contribution is -0.124. The number of fused-ring (bicyclic) bond motifs is 1. The molecule has 6 nitrogen and oxygen atoms in total. The van der Waals surface area contributed by atoms with Crippen molar-refractivity contribution in [1.82, 2.24) is 14.9 Å². The van der Waals surface area contributed by atoms with Gasteiger partial charge in [0.2, 0.25) is 5.91 Å². The highest BCUT2D eigenvalue weighted by Crippen LogP contribution is 2.21. The van der Waals surface area contributed by atoms with Crippen LogP contribution in [0.1, 0.15) is 17.0 Å². The van der Waals surface area contributed by atoms with Gasteiger partial charge in [-0.1, -0.05) is 24.3 Å². The molecule has 28 heavy (non-hydrogen) atoms. The fourth-order valence-corrected chi connectivity index (χ4v) is 3.19. The minimum Gasteiger partial charge on any atom is -0.491 e. The van der Waals surface area contributed by atoms with Gasteiger partial charge in [0.1, 0.15) is 24.8 Å². The van der Waals surface area contributed by atoms with E-state index in [0.717, 1.165) is 22.6 Å². The Kier molecular flexibility index (Phi) is 6.66. The standard InChI is InChI=1S/C22H27N3O3/c1-16-7-6-10-20(17(16)2)28-14-13-25-19-9-5-4-8-18(19)24-21(25)11-12-23-22(26)15-27-3/h4-10H,11-15H2,1-3H3,(H,23,26). The van der Waals surface area contributed by atoms with E-state index in [1.54, 1.807) is 0 Å². The number of ether oxygens (including phenoxy) is 2. The molecule has 0 atom stereocenters. The average molecular weight is 381 g/mol. The first-order chi connectivity index (χ1) is 13.6. The summed E-state index contributed by atoms with van der Waals surface area (Å²) in [6, 6.07) is 14.2. The Morgan fingerprint density at radius 3 is 2.79 bits per heavy atom. The molecule has 0 aliphatic carbocycles. The molecule has 148 valence electrons. The predicted molar refractivity (Wildman–Crippen MR) is 110 cm³/mol. The van der Waals surface area contributed by atoms with E-state index in [0.29, 0.717) is 26.1 Å². The molecule has 2 aromatic carbocycles. The maximum absolute atomic E-state index is 11.6. The van der Waals surface area contributed by atoms with Crippen LogP contribution in [0.15, 0.2) is 42.5 Å². The fourth-order valence-electron chi connectivity index (χ4n) is 3.19. The lowest BCUT2D eigenvalue weighted by atomic mass is 10.1. The number of nitrogens with zero attached hydrogens (tertiary/aromatic N) is 2. The molecule has 0 unspecified atom stereocenters. The van der Waals surface area contributed by atoms with E-state index < -0.39 is 0 Å². The largest absolute Gasteiger partial charge is 0.491 e. The molecule has 1 amide bonds. The lowest BCUT2D eigenvalue weighted by Crippen LogP contribution is -2.29. The zero-order valence-corrected chi connectivity index (χ0v) is 16.7. The number of imidazole rings is 1. The van der Waals surface area contributed by atoms with Crippen molar-refractivity contribution in [1.29, 1.82) is 0 Å². The maximum atomic E-state index is 11.6. The number of carbonyl (C=O) groups is 1. The van der Waals surface area contributed by atoms with Crippen molar-refractivity contribution in [3.05, 3.63) is 59.4 Å². The zero-order chi connectivity index (χ0) is 19.9. The van der Waals surface area contributed by atoms with Crippen LogP contribution in [0.5, 0.6) is 5.75 Å². The molecule has 0 saturated carbocycles. The van der Waals surface area contributed by atoms with Crippen LogP contribution in [0.25, 0.3) is 11.0 Å². The summed E-state index contributed by atoms with van der Waals surface area (Å²) in [7, 11) is 1.51. The van der Waals surface area contributed by atoms with Crippen LogP contribution in [-0.4, -0.2) is 42.3 Å². The molecular formula is C22H27N3O3. The van der Waals surface area contributed by atoms with Crippen LogP contribution < -0.4 is 10.1 Å². The fraction of sp³-hybridized carbons (Fsp3) is 0.364. The van der Waals surface area contributed by atoms with Crippen LogP contribution >= 0.6 is 0 Å². The van der Waals surface area contributed by atoms with Gasteiger partial charge in [0.15, 0.2) is 0 Å². The molecule has 1 N–H and O–H groups in total. The summed E-state index contributed by atoms with van der Waals surface area (Å²) in [6.45, 7) is 5.99. The Morgan fingerprint density at radius 1 is 1.14 bits per heavy atom. The van der Waals surface area contributed by atoms with Crippen LogP contribution in [0.4, 0.5) is 0 Å². The molecule has 0 fully saturated rings. The first-order valence-electron chi connectivity index (χ1n) is 9.49. The van der Waals surface area contributed by atoms with Crippen LogP contribution in [0.3, 0.4) is 0 Å². The number of hydrogen-bond acceptors (Lipinski definition) is 4. The van der Waals surface area contributed by atoms with Crippen molar-refractivity contribution in [2.24, 2.45) is 0 Å². The Labute approximate surface area is 165 Å². The predicted octanol–water partition coefficient (Wildman–Crippen LogP) is 3.04. The molecule has 0 spiro atoms. The van der Waals surface area contributed by atoms with Gasteiger partial charge >= 0.3 is 0 Å². The summed E-state index contributed by atoms with van der Waals surface area (Å²) in [5.74, 6) is 1.73. The maximum Gasteiger partial charge on any atom is 0.245 e. The number of para-hydroxylation sites is 2. The zero-order valence-electron chi connectivity index (χ0n) is 16.7. The third kappa shape index (κ3) is 4.70. The Hall–Kier alpha value is -2.86. The van der Waals surface area contributed by atoms with Crippen LogP contribution in [-0.2, 0) is 22.5 Å². The molecule has 3 aromatic rings. The number of carbonyl (C=O) groups excluding carboxylic acids is 1. The summed E-state index contributed by atoms with van der Waals surface area (Å²) in [6.07, 6.45) is 0.646. The van der Waals surface area contributed by atoms with E-state index in [2.05, 4.69) is 35.9 Å². The SMILES string of the molecule is COCC(=O)NCCc1nc2ccccc2n1CCOc1cccc(C)c1C. The Morgan fingerprint density at radius 2 is 1.96 bits per heavy atom. The van der Waals surface area contributed by atoms with Crippen molar-refractivity contribution in [2.45, 2.75) is 26.8 Å². The van der Waals surface area contributed by atoms with Gasteiger partial charge in [0.25, 0.3) is 0 Å². The van der Waals surface area contributed by atoms with Gasteiger partial charge in [-0.3, -0.25) is 4.79 Å². The molecule has 1 heterocycles. The third-order valence-corrected chi connectivity index (χ3v) is 4.81.